The highest BCUT2D eigenvalue weighted by atomic mass is 19.1. The van der Waals surface area contributed by atoms with Crippen LogP contribution >= 0.6 is 0 Å². The Morgan fingerprint density at radius 3 is 2.78 bits per heavy atom. The Balaban J connectivity index is 2.48. The van der Waals surface area contributed by atoms with E-state index in [1.807, 2.05) is 6.92 Å². The number of allylic oxidation sites excluding steroid dienone is 1. The summed E-state index contributed by atoms with van der Waals surface area (Å²) in [5.74, 6) is -0.953. The molecule has 0 saturated carbocycles. The molecule has 124 valence electrons. The van der Waals surface area contributed by atoms with Crippen LogP contribution in [0.25, 0.3) is 0 Å². The van der Waals surface area contributed by atoms with Crippen molar-refractivity contribution in [1.82, 2.24) is 10.2 Å². The molecule has 1 aliphatic heterocycles. The number of urea groups is 1. The molecule has 1 atom stereocenters. The van der Waals surface area contributed by atoms with Crippen LogP contribution in [-0.4, -0.2) is 30.6 Å². The smallest absolute Gasteiger partial charge is 0.337 e. The van der Waals surface area contributed by atoms with Gasteiger partial charge in [0.1, 0.15) is 5.82 Å². The van der Waals surface area contributed by atoms with Gasteiger partial charge in [-0.25, -0.2) is 14.0 Å². The summed E-state index contributed by atoms with van der Waals surface area (Å²) in [5.41, 5.74) is 1.38. The van der Waals surface area contributed by atoms with Gasteiger partial charge in [-0.2, -0.15) is 0 Å². The Kier molecular flexibility index (Phi) is 5.36. The maximum atomic E-state index is 13.5. The molecule has 1 N–H and O–H groups in total. The quantitative estimate of drug-likeness (QED) is 0.848. The predicted octanol–water partition coefficient (Wildman–Crippen LogP) is 3.14. The van der Waals surface area contributed by atoms with Gasteiger partial charge >= 0.3 is 12.0 Å². The first-order valence-corrected chi connectivity index (χ1v) is 7.62. The molecule has 0 aromatic heterocycles. The zero-order valence-corrected chi connectivity index (χ0v) is 13.6. The minimum absolute atomic E-state index is 0.294. The fourth-order valence-electron chi connectivity index (χ4n) is 2.68. The van der Waals surface area contributed by atoms with Crippen molar-refractivity contribution in [3.05, 3.63) is 46.9 Å². The molecule has 0 fully saturated rings. The van der Waals surface area contributed by atoms with Crippen LogP contribution in [0.1, 0.15) is 38.3 Å². The summed E-state index contributed by atoms with van der Waals surface area (Å²) in [5, 5.41) is 2.78. The number of carbonyl (C=O) groups excluding carboxylic acids is 2. The van der Waals surface area contributed by atoms with Crippen molar-refractivity contribution in [3.8, 4) is 0 Å². The standard InChI is InChI=1S/C17H21FN2O3/c1-4-5-9-20-11(2)14(16(21)23-3)15(19-17(20)22)12-7-6-8-13(18)10-12/h6-8,10,15H,4-5,9H2,1-3H3,(H,19,22)/t15-/m1/s1. The van der Waals surface area contributed by atoms with E-state index in [1.165, 1.54) is 24.1 Å². The topological polar surface area (TPSA) is 58.6 Å². The number of methoxy groups -OCH3 is 1. The second kappa shape index (κ2) is 7.26. The molecule has 1 aromatic rings. The van der Waals surface area contributed by atoms with Crippen LogP contribution in [0.15, 0.2) is 35.5 Å². The average Bonchev–Trinajstić information content (AvgIpc) is 2.53. The van der Waals surface area contributed by atoms with Gasteiger partial charge in [-0.3, -0.25) is 4.90 Å². The Hall–Kier alpha value is -2.37. The maximum Gasteiger partial charge on any atom is 0.337 e. The van der Waals surface area contributed by atoms with E-state index in [1.54, 1.807) is 19.1 Å². The molecule has 0 radical (unpaired) electrons. The molecule has 0 saturated heterocycles. The largest absolute Gasteiger partial charge is 0.466 e. The number of rotatable bonds is 5. The van der Waals surface area contributed by atoms with Gasteiger partial charge in [0.2, 0.25) is 0 Å². The summed E-state index contributed by atoms with van der Waals surface area (Å²) in [7, 11) is 1.29. The van der Waals surface area contributed by atoms with Gasteiger partial charge in [-0.15, -0.1) is 0 Å². The summed E-state index contributed by atoms with van der Waals surface area (Å²) >= 11 is 0. The van der Waals surface area contributed by atoms with E-state index in [0.717, 1.165) is 12.8 Å². The van der Waals surface area contributed by atoms with Crippen molar-refractivity contribution in [2.45, 2.75) is 32.7 Å². The lowest BCUT2D eigenvalue weighted by Crippen LogP contribution is -2.48. The van der Waals surface area contributed by atoms with E-state index >= 15 is 0 Å². The van der Waals surface area contributed by atoms with Crippen molar-refractivity contribution in [3.63, 3.8) is 0 Å². The minimum Gasteiger partial charge on any atom is -0.466 e. The highest BCUT2D eigenvalue weighted by Gasteiger charge is 2.35. The molecule has 1 aromatic carbocycles. The molecule has 2 rings (SSSR count). The molecule has 2 amide bonds. The molecule has 6 heteroatoms. The van der Waals surface area contributed by atoms with E-state index in [2.05, 4.69) is 5.32 Å². The molecule has 0 unspecified atom stereocenters. The zero-order valence-electron chi connectivity index (χ0n) is 13.6. The number of hydrogen-bond donors (Lipinski definition) is 1. The van der Waals surface area contributed by atoms with Crippen molar-refractivity contribution in [2.75, 3.05) is 13.7 Å². The Bertz CT molecular complexity index is 642. The summed E-state index contributed by atoms with van der Waals surface area (Å²) < 4.78 is 18.4. The second-order valence-electron chi connectivity index (χ2n) is 5.43. The first-order chi connectivity index (χ1) is 11.0. The molecule has 0 spiro atoms. The molecule has 5 nitrogen and oxygen atoms in total. The van der Waals surface area contributed by atoms with E-state index < -0.39 is 17.8 Å². The normalized spacial score (nSPS) is 18.0. The first kappa shape index (κ1) is 17.0. The molecule has 23 heavy (non-hydrogen) atoms. The predicted molar refractivity (Wildman–Crippen MR) is 84.0 cm³/mol. The Morgan fingerprint density at radius 2 is 2.17 bits per heavy atom. The van der Waals surface area contributed by atoms with Crippen molar-refractivity contribution in [1.29, 1.82) is 0 Å². The lowest BCUT2D eigenvalue weighted by atomic mass is 9.94. The van der Waals surface area contributed by atoms with E-state index in [-0.39, 0.29) is 6.03 Å². The number of unbranched alkanes of at least 4 members (excludes halogenated alkanes) is 1. The number of amides is 2. The van der Waals surface area contributed by atoms with E-state index in [0.29, 0.717) is 23.4 Å². The molecule has 1 heterocycles. The number of esters is 1. The van der Waals surface area contributed by atoms with Crippen LogP contribution < -0.4 is 5.32 Å². The second-order valence-corrected chi connectivity index (χ2v) is 5.43. The fourth-order valence-corrected chi connectivity index (χ4v) is 2.68. The number of nitrogens with zero attached hydrogens (tertiary/aromatic N) is 1. The third-order valence-electron chi connectivity index (χ3n) is 3.92. The van der Waals surface area contributed by atoms with Crippen LogP contribution in [0.4, 0.5) is 9.18 Å². The number of nitrogens with one attached hydrogen (secondary N) is 1. The molecular formula is C17H21FN2O3. The maximum absolute atomic E-state index is 13.5. The highest BCUT2D eigenvalue weighted by Crippen LogP contribution is 2.31. The summed E-state index contributed by atoms with van der Waals surface area (Å²) in [6.07, 6.45) is 1.75. The van der Waals surface area contributed by atoms with Gasteiger partial charge < -0.3 is 10.1 Å². The summed E-state index contributed by atoms with van der Waals surface area (Å²) in [4.78, 5) is 26.1. The SMILES string of the molecule is CCCCN1C(=O)N[C@H](c2cccc(F)c2)C(C(=O)OC)=C1C. The van der Waals surface area contributed by atoms with Gasteiger partial charge in [0.05, 0.1) is 18.7 Å². The number of hydrogen-bond acceptors (Lipinski definition) is 3. The molecule has 0 aliphatic carbocycles. The van der Waals surface area contributed by atoms with Crippen molar-refractivity contribution >= 4 is 12.0 Å². The van der Waals surface area contributed by atoms with Gasteiger partial charge in [-0.05, 0) is 31.0 Å². The van der Waals surface area contributed by atoms with Gasteiger partial charge in [0, 0.05) is 12.2 Å². The van der Waals surface area contributed by atoms with E-state index in [4.69, 9.17) is 4.74 Å². The number of benzene rings is 1. The lowest BCUT2D eigenvalue weighted by Gasteiger charge is -2.35. The molecular weight excluding hydrogens is 299 g/mol. The lowest BCUT2D eigenvalue weighted by molar-refractivity contribution is -0.136. The Labute approximate surface area is 135 Å². The van der Waals surface area contributed by atoms with Crippen LogP contribution in [0.5, 0.6) is 0 Å². The minimum atomic E-state index is -0.719. The van der Waals surface area contributed by atoms with Crippen LogP contribution in [0, 0.1) is 5.82 Å². The molecule has 1 aliphatic rings. The fraction of sp³-hybridized carbons (Fsp3) is 0.412. The first-order valence-electron chi connectivity index (χ1n) is 7.62. The highest BCUT2D eigenvalue weighted by molar-refractivity contribution is 5.94. The monoisotopic (exact) mass is 320 g/mol. The van der Waals surface area contributed by atoms with Gasteiger partial charge in [0.25, 0.3) is 0 Å². The zero-order chi connectivity index (χ0) is 17.0. The third kappa shape index (κ3) is 3.52. The van der Waals surface area contributed by atoms with Crippen LogP contribution in [-0.2, 0) is 9.53 Å². The van der Waals surface area contributed by atoms with Crippen LogP contribution in [0.2, 0.25) is 0 Å². The van der Waals surface area contributed by atoms with E-state index in [9.17, 15) is 14.0 Å². The number of halogens is 1. The summed E-state index contributed by atoms with van der Waals surface area (Å²) in [6, 6.07) is 4.83. The van der Waals surface area contributed by atoms with Gasteiger partial charge in [-0.1, -0.05) is 25.5 Å². The number of ether oxygens (including phenoxy) is 1. The average molecular weight is 320 g/mol. The van der Waals surface area contributed by atoms with Crippen molar-refractivity contribution in [2.24, 2.45) is 0 Å². The summed E-state index contributed by atoms with van der Waals surface area (Å²) in [6.45, 7) is 4.26. The van der Waals surface area contributed by atoms with Crippen molar-refractivity contribution < 1.29 is 18.7 Å². The number of carbonyl (C=O) groups is 2. The molecule has 0 bridgehead atoms. The Morgan fingerprint density at radius 1 is 1.43 bits per heavy atom. The van der Waals surface area contributed by atoms with Crippen LogP contribution in [0.3, 0.4) is 0 Å². The van der Waals surface area contributed by atoms with Gasteiger partial charge in [0.15, 0.2) is 0 Å². The third-order valence-corrected chi connectivity index (χ3v) is 3.92.